The van der Waals surface area contributed by atoms with Crippen LogP contribution in [0.4, 0.5) is 0 Å². The molecular formula is C21H23NO4S. The molecule has 2 aromatic carbocycles. The molecule has 5 nitrogen and oxygen atoms in total. The van der Waals surface area contributed by atoms with Gasteiger partial charge in [-0.1, -0.05) is 57.2 Å². The van der Waals surface area contributed by atoms with Gasteiger partial charge in [0.2, 0.25) is 0 Å². The van der Waals surface area contributed by atoms with Gasteiger partial charge >= 0.3 is 0 Å². The molecule has 0 saturated carbocycles. The van der Waals surface area contributed by atoms with E-state index in [-0.39, 0.29) is 16.2 Å². The molecule has 2 aromatic rings. The van der Waals surface area contributed by atoms with E-state index in [1.54, 1.807) is 19.1 Å². The van der Waals surface area contributed by atoms with Gasteiger partial charge in [-0.3, -0.25) is 9.59 Å². The van der Waals surface area contributed by atoms with Gasteiger partial charge < -0.3 is 0 Å². The Morgan fingerprint density at radius 3 is 2.22 bits per heavy atom. The number of Topliss-reactive ketones (excluding diaryl/α,β-unsaturated/α-hetero) is 1. The minimum Gasteiger partial charge on any atom is -0.297 e. The average Bonchev–Trinajstić information content (AvgIpc) is 2.82. The summed E-state index contributed by atoms with van der Waals surface area (Å²) >= 11 is 0. The summed E-state index contributed by atoms with van der Waals surface area (Å²) in [5.41, 5.74) is 2.13. The fourth-order valence-electron chi connectivity index (χ4n) is 3.27. The predicted octanol–water partition coefficient (Wildman–Crippen LogP) is 3.40. The van der Waals surface area contributed by atoms with Crippen LogP contribution in [-0.2, 0) is 21.2 Å². The Bertz CT molecular complexity index is 977. The van der Waals surface area contributed by atoms with Crippen LogP contribution in [0.5, 0.6) is 0 Å². The summed E-state index contributed by atoms with van der Waals surface area (Å²) in [5, 5.41) is 0. The van der Waals surface area contributed by atoms with Crippen LogP contribution < -0.4 is 0 Å². The van der Waals surface area contributed by atoms with Gasteiger partial charge in [-0.15, -0.1) is 0 Å². The smallest absolute Gasteiger partial charge is 0.269 e. The van der Waals surface area contributed by atoms with E-state index >= 15 is 0 Å². The first kappa shape index (κ1) is 19.3. The van der Waals surface area contributed by atoms with Crippen molar-refractivity contribution in [3.05, 3.63) is 65.2 Å². The molecular weight excluding hydrogens is 362 g/mol. The lowest BCUT2D eigenvalue weighted by molar-refractivity contribution is -0.120. The van der Waals surface area contributed by atoms with Gasteiger partial charge in [-0.05, 0) is 35.6 Å². The number of hydrogen-bond acceptors (Lipinski definition) is 4. The molecule has 0 spiro atoms. The molecule has 0 bridgehead atoms. The van der Waals surface area contributed by atoms with E-state index in [0.29, 0.717) is 10.2 Å². The summed E-state index contributed by atoms with van der Waals surface area (Å²) in [5.74, 6) is -0.900. The number of benzene rings is 2. The first-order chi connectivity index (χ1) is 12.7. The molecule has 1 aliphatic rings. The Labute approximate surface area is 160 Å². The molecule has 1 amide bonds. The maximum absolute atomic E-state index is 12.7. The number of nitrogens with zero attached hydrogens (tertiary/aromatic N) is 1. The van der Waals surface area contributed by atoms with Crippen LogP contribution in [0, 0.1) is 5.92 Å². The van der Waals surface area contributed by atoms with E-state index in [1.807, 2.05) is 24.3 Å². The fourth-order valence-corrected chi connectivity index (χ4v) is 4.80. The molecule has 0 radical (unpaired) electrons. The van der Waals surface area contributed by atoms with Gasteiger partial charge in [0, 0.05) is 5.92 Å². The van der Waals surface area contributed by atoms with Crippen molar-refractivity contribution in [1.82, 2.24) is 4.31 Å². The maximum atomic E-state index is 12.7. The molecule has 1 atom stereocenters. The lowest BCUT2D eigenvalue weighted by Crippen LogP contribution is -2.36. The molecule has 0 aromatic heterocycles. The zero-order valence-electron chi connectivity index (χ0n) is 15.7. The van der Waals surface area contributed by atoms with Gasteiger partial charge in [0.15, 0.2) is 5.78 Å². The molecule has 0 N–H and O–H groups in total. The second-order valence-corrected chi connectivity index (χ2v) is 9.17. The van der Waals surface area contributed by atoms with E-state index in [9.17, 15) is 18.0 Å². The van der Waals surface area contributed by atoms with E-state index in [0.717, 1.165) is 12.0 Å². The molecule has 1 unspecified atom stereocenters. The third-order valence-corrected chi connectivity index (χ3v) is 6.61. The summed E-state index contributed by atoms with van der Waals surface area (Å²) in [6.07, 6.45) is 0.960. The van der Waals surface area contributed by atoms with Crippen LogP contribution in [0.1, 0.15) is 48.2 Å². The fraction of sp³-hybridized carbons (Fsp3) is 0.333. The predicted molar refractivity (Wildman–Crippen MR) is 103 cm³/mol. The Morgan fingerprint density at radius 1 is 1.00 bits per heavy atom. The average molecular weight is 385 g/mol. The van der Waals surface area contributed by atoms with Crippen molar-refractivity contribution in [2.24, 2.45) is 5.92 Å². The molecule has 0 fully saturated rings. The summed E-state index contributed by atoms with van der Waals surface area (Å²) in [7, 11) is -3.96. The van der Waals surface area contributed by atoms with Crippen molar-refractivity contribution in [2.45, 2.75) is 38.0 Å². The van der Waals surface area contributed by atoms with Crippen molar-refractivity contribution in [3.8, 4) is 0 Å². The number of carbonyl (C=O) groups excluding carboxylic acids is 2. The van der Waals surface area contributed by atoms with E-state index < -0.39 is 28.4 Å². The number of ketones is 1. The van der Waals surface area contributed by atoms with E-state index in [4.69, 9.17) is 0 Å². The van der Waals surface area contributed by atoms with Gasteiger partial charge in [0.25, 0.3) is 15.9 Å². The number of rotatable bonds is 6. The van der Waals surface area contributed by atoms with Crippen LogP contribution in [0.25, 0.3) is 0 Å². The minimum atomic E-state index is -3.96. The molecule has 142 valence electrons. The Balaban J connectivity index is 1.77. The van der Waals surface area contributed by atoms with Crippen LogP contribution in [-0.4, -0.2) is 31.0 Å². The summed E-state index contributed by atoms with van der Waals surface area (Å²) in [6, 6.07) is 13.8. The standard InChI is InChI=1S/C21H23NO4S/c1-14(2)12-16-8-10-17(11-9-16)15(3)19(23)13-22-21(24)18-6-4-5-7-20(18)27(22,25)26/h4-11,14-15H,12-13H2,1-3H3. The van der Waals surface area contributed by atoms with Crippen molar-refractivity contribution < 1.29 is 18.0 Å². The van der Waals surface area contributed by atoms with Crippen molar-refractivity contribution in [3.63, 3.8) is 0 Å². The summed E-state index contributed by atoms with van der Waals surface area (Å²) in [4.78, 5) is 25.1. The highest BCUT2D eigenvalue weighted by Gasteiger charge is 2.42. The highest BCUT2D eigenvalue weighted by Crippen LogP contribution is 2.30. The highest BCUT2D eigenvalue weighted by atomic mass is 32.2. The third-order valence-electron chi connectivity index (χ3n) is 4.82. The molecule has 0 aliphatic carbocycles. The van der Waals surface area contributed by atoms with Crippen LogP contribution in [0.2, 0.25) is 0 Å². The number of carbonyl (C=O) groups is 2. The first-order valence-corrected chi connectivity index (χ1v) is 10.4. The lowest BCUT2D eigenvalue weighted by atomic mass is 9.94. The van der Waals surface area contributed by atoms with Crippen LogP contribution in [0.15, 0.2) is 53.4 Å². The second kappa shape index (κ2) is 7.27. The van der Waals surface area contributed by atoms with Crippen molar-refractivity contribution in [1.29, 1.82) is 0 Å². The topological polar surface area (TPSA) is 71.5 Å². The second-order valence-electron chi connectivity index (χ2n) is 7.34. The van der Waals surface area contributed by atoms with Gasteiger partial charge in [-0.25, -0.2) is 12.7 Å². The molecule has 3 rings (SSSR count). The zero-order valence-corrected chi connectivity index (χ0v) is 16.5. The minimum absolute atomic E-state index is 0.0338. The number of amides is 1. The summed E-state index contributed by atoms with van der Waals surface area (Å²) < 4.78 is 25.9. The Morgan fingerprint density at radius 2 is 1.63 bits per heavy atom. The van der Waals surface area contributed by atoms with Gasteiger partial charge in [0.05, 0.1) is 12.1 Å². The Hall–Kier alpha value is -2.47. The quantitative estimate of drug-likeness (QED) is 0.764. The van der Waals surface area contributed by atoms with Gasteiger partial charge in [-0.2, -0.15) is 0 Å². The van der Waals surface area contributed by atoms with Crippen molar-refractivity contribution in [2.75, 3.05) is 6.54 Å². The molecule has 1 heterocycles. The first-order valence-electron chi connectivity index (χ1n) is 8.99. The van der Waals surface area contributed by atoms with E-state index in [2.05, 4.69) is 13.8 Å². The maximum Gasteiger partial charge on any atom is 0.269 e. The lowest BCUT2D eigenvalue weighted by Gasteiger charge is -2.18. The van der Waals surface area contributed by atoms with Crippen LogP contribution >= 0.6 is 0 Å². The molecule has 0 saturated heterocycles. The van der Waals surface area contributed by atoms with Crippen molar-refractivity contribution >= 4 is 21.7 Å². The number of sulfonamides is 1. The largest absolute Gasteiger partial charge is 0.297 e. The normalized spacial score (nSPS) is 16.4. The third kappa shape index (κ3) is 3.67. The zero-order chi connectivity index (χ0) is 19.8. The highest BCUT2D eigenvalue weighted by molar-refractivity contribution is 7.90. The SMILES string of the molecule is CC(C)Cc1ccc(C(C)C(=O)CN2C(=O)c3ccccc3S2(=O)=O)cc1. The van der Waals surface area contributed by atoms with Gasteiger partial charge in [0.1, 0.15) is 4.90 Å². The monoisotopic (exact) mass is 385 g/mol. The summed E-state index contributed by atoms with van der Waals surface area (Å²) in [6.45, 7) is 5.57. The molecule has 27 heavy (non-hydrogen) atoms. The molecule has 1 aliphatic heterocycles. The van der Waals surface area contributed by atoms with Crippen LogP contribution in [0.3, 0.4) is 0 Å². The molecule has 6 heteroatoms. The number of hydrogen-bond donors (Lipinski definition) is 0. The number of fused-ring (bicyclic) bond motifs is 1. The van der Waals surface area contributed by atoms with E-state index in [1.165, 1.54) is 17.7 Å². The Kier molecular flexibility index (Phi) is 5.20.